The van der Waals surface area contributed by atoms with Crippen molar-refractivity contribution in [2.75, 3.05) is 11.9 Å². The standard InChI is InChI=1S/C18H26N4O2/c1-5-18(24,6-2)12-19-17(23)20-15-9-7-8-10-16(15)22-14(4)11-13(3)21-22/h7-11,24H,5-6,12H2,1-4H3,(H2,19,20,23). The van der Waals surface area contributed by atoms with Gasteiger partial charge in [-0.15, -0.1) is 0 Å². The van der Waals surface area contributed by atoms with E-state index >= 15 is 0 Å². The average molecular weight is 330 g/mol. The number of aryl methyl sites for hydroxylation is 2. The van der Waals surface area contributed by atoms with Crippen molar-refractivity contribution in [3.05, 3.63) is 41.7 Å². The van der Waals surface area contributed by atoms with E-state index < -0.39 is 5.60 Å². The second-order valence-corrected chi connectivity index (χ2v) is 6.10. The summed E-state index contributed by atoms with van der Waals surface area (Å²) in [5.74, 6) is 0. The van der Waals surface area contributed by atoms with E-state index in [1.807, 2.05) is 58.0 Å². The smallest absolute Gasteiger partial charge is 0.319 e. The molecule has 0 aliphatic carbocycles. The van der Waals surface area contributed by atoms with Gasteiger partial charge in [-0.1, -0.05) is 26.0 Å². The van der Waals surface area contributed by atoms with E-state index in [9.17, 15) is 9.90 Å². The van der Waals surface area contributed by atoms with Crippen molar-refractivity contribution in [2.24, 2.45) is 0 Å². The summed E-state index contributed by atoms with van der Waals surface area (Å²) in [6.07, 6.45) is 1.18. The Hall–Kier alpha value is -2.34. The van der Waals surface area contributed by atoms with Gasteiger partial charge in [0.15, 0.2) is 0 Å². The maximum atomic E-state index is 12.2. The molecule has 0 bridgehead atoms. The van der Waals surface area contributed by atoms with E-state index in [0.717, 1.165) is 17.1 Å². The Kier molecular flexibility index (Phi) is 5.62. The minimum absolute atomic E-state index is 0.216. The molecule has 6 nitrogen and oxygen atoms in total. The van der Waals surface area contributed by atoms with Crippen LogP contribution in [0.5, 0.6) is 0 Å². The zero-order valence-corrected chi connectivity index (χ0v) is 14.8. The van der Waals surface area contributed by atoms with Crippen LogP contribution in [0.1, 0.15) is 38.1 Å². The molecule has 0 aliphatic heterocycles. The average Bonchev–Trinajstić information content (AvgIpc) is 2.91. The summed E-state index contributed by atoms with van der Waals surface area (Å²) in [6.45, 7) is 7.93. The number of hydrogen-bond donors (Lipinski definition) is 3. The Bertz CT molecular complexity index is 705. The van der Waals surface area contributed by atoms with Crippen LogP contribution in [0.2, 0.25) is 0 Å². The number of nitrogens with zero attached hydrogens (tertiary/aromatic N) is 2. The van der Waals surface area contributed by atoms with Crippen LogP contribution in [-0.2, 0) is 0 Å². The highest BCUT2D eigenvalue weighted by atomic mass is 16.3. The zero-order valence-electron chi connectivity index (χ0n) is 14.8. The number of hydrogen-bond acceptors (Lipinski definition) is 3. The number of anilines is 1. The van der Waals surface area contributed by atoms with Crippen LogP contribution in [0, 0.1) is 13.8 Å². The lowest BCUT2D eigenvalue weighted by Gasteiger charge is -2.25. The number of aliphatic hydroxyl groups is 1. The first-order valence-electron chi connectivity index (χ1n) is 8.28. The molecular formula is C18H26N4O2. The largest absolute Gasteiger partial charge is 0.388 e. The first kappa shape index (κ1) is 18.0. The number of nitrogens with one attached hydrogen (secondary N) is 2. The van der Waals surface area contributed by atoms with Gasteiger partial charge in [0, 0.05) is 12.2 Å². The number of urea groups is 1. The summed E-state index contributed by atoms with van der Waals surface area (Å²) >= 11 is 0. The maximum absolute atomic E-state index is 12.2. The molecule has 3 N–H and O–H groups in total. The quantitative estimate of drug-likeness (QED) is 0.761. The fourth-order valence-corrected chi connectivity index (χ4v) is 2.55. The van der Waals surface area contributed by atoms with E-state index in [2.05, 4.69) is 15.7 Å². The summed E-state index contributed by atoms with van der Waals surface area (Å²) in [4.78, 5) is 12.2. The van der Waals surface area contributed by atoms with Gasteiger partial charge in [-0.05, 0) is 44.9 Å². The van der Waals surface area contributed by atoms with Crippen molar-refractivity contribution < 1.29 is 9.90 Å². The zero-order chi connectivity index (χ0) is 17.7. The Morgan fingerprint density at radius 3 is 2.50 bits per heavy atom. The van der Waals surface area contributed by atoms with Gasteiger partial charge in [0.05, 0.1) is 22.7 Å². The molecule has 1 heterocycles. The Balaban J connectivity index is 2.13. The summed E-state index contributed by atoms with van der Waals surface area (Å²) in [6, 6.07) is 9.14. The molecule has 2 amide bonds. The number of benzene rings is 1. The Labute approximate surface area is 142 Å². The number of aromatic nitrogens is 2. The number of rotatable bonds is 6. The van der Waals surface area contributed by atoms with Gasteiger partial charge in [0.1, 0.15) is 0 Å². The van der Waals surface area contributed by atoms with Crippen LogP contribution in [0.4, 0.5) is 10.5 Å². The molecular weight excluding hydrogens is 304 g/mol. The van der Waals surface area contributed by atoms with Crippen LogP contribution in [-0.4, -0.2) is 33.1 Å². The van der Waals surface area contributed by atoms with Crippen LogP contribution < -0.4 is 10.6 Å². The van der Waals surface area contributed by atoms with Crippen molar-refractivity contribution in [3.63, 3.8) is 0 Å². The molecule has 0 unspecified atom stereocenters. The first-order valence-corrected chi connectivity index (χ1v) is 8.28. The molecule has 0 aliphatic rings. The molecule has 2 aromatic rings. The Morgan fingerprint density at radius 2 is 1.92 bits per heavy atom. The maximum Gasteiger partial charge on any atom is 0.319 e. The van der Waals surface area contributed by atoms with Crippen molar-refractivity contribution in [2.45, 2.75) is 46.1 Å². The lowest BCUT2D eigenvalue weighted by molar-refractivity contribution is 0.0354. The molecule has 0 saturated carbocycles. The van der Waals surface area contributed by atoms with Gasteiger partial charge in [-0.25, -0.2) is 9.48 Å². The van der Waals surface area contributed by atoms with Gasteiger partial charge in [0.25, 0.3) is 0 Å². The fraction of sp³-hybridized carbons (Fsp3) is 0.444. The summed E-state index contributed by atoms with van der Waals surface area (Å²) in [5, 5.41) is 20.3. The third-order valence-corrected chi connectivity index (χ3v) is 4.28. The molecule has 0 fully saturated rings. The van der Waals surface area contributed by atoms with Gasteiger partial charge in [0.2, 0.25) is 0 Å². The molecule has 24 heavy (non-hydrogen) atoms. The van der Waals surface area contributed by atoms with E-state index in [0.29, 0.717) is 18.5 Å². The third kappa shape index (κ3) is 4.14. The molecule has 2 rings (SSSR count). The second-order valence-electron chi connectivity index (χ2n) is 6.10. The van der Waals surface area contributed by atoms with Crippen LogP contribution in [0.15, 0.2) is 30.3 Å². The molecule has 0 spiro atoms. The van der Waals surface area contributed by atoms with E-state index in [1.165, 1.54) is 0 Å². The van der Waals surface area contributed by atoms with Crippen LogP contribution in [0.25, 0.3) is 5.69 Å². The predicted molar refractivity (Wildman–Crippen MR) is 95.6 cm³/mol. The summed E-state index contributed by atoms with van der Waals surface area (Å²) < 4.78 is 1.80. The molecule has 1 aromatic heterocycles. The highest BCUT2D eigenvalue weighted by Crippen LogP contribution is 2.21. The highest BCUT2D eigenvalue weighted by Gasteiger charge is 2.23. The number of carbonyl (C=O) groups excluding carboxylic acids is 1. The topological polar surface area (TPSA) is 79.2 Å². The van der Waals surface area contributed by atoms with E-state index in [1.54, 1.807) is 4.68 Å². The molecule has 0 saturated heterocycles. The first-order chi connectivity index (χ1) is 11.4. The van der Waals surface area contributed by atoms with E-state index in [-0.39, 0.29) is 12.6 Å². The van der Waals surface area contributed by atoms with Gasteiger partial charge >= 0.3 is 6.03 Å². The lowest BCUT2D eigenvalue weighted by atomic mass is 9.98. The fourth-order valence-electron chi connectivity index (χ4n) is 2.55. The predicted octanol–water partition coefficient (Wildman–Crippen LogP) is 3.16. The second kappa shape index (κ2) is 7.49. The monoisotopic (exact) mass is 330 g/mol. The minimum Gasteiger partial charge on any atom is -0.388 e. The third-order valence-electron chi connectivity index (χ3n) is 4.28. The Morgan fingerprint density at radius 1 is 1.25 bits per heavy atom. The normalized spacial score (nSPS) is 11.4. The van der Waals surface area contributed by atoms with Gasteiger partial charge < -0.3 is 15.7 Å². The van der Waals surface area contributed by atoms with Crippen molar-refractivity contribution in [1.82, 2.24) is 15.1 Å². The number of amides is 2. The molecule has 6 heteroatoms. The number of para-hydroxylation sites is 2. The molecule has 1 aromatic carbocycles. The van der Waals surface area contributed by atoms with Gasteiger partial charge in [-0.2, -0.15) is 5.10 Å². The van der Waals surface area contributed by atoms with Gasteiger partial charge in [-0.3, -0.25) is 0 Å². The van der Waals surface area contributed by atoms with E-state index in [4.69, 9.17) is 0 Å². The SMILES string of the molecule is CCC(O)(CC)CNC(=O)Nc1ccccc1-n1nc(C)cc1C. The molecule has 130 valence electrons. The van der Waals surface area contributed by atoms with Crippen LogP contribution in [0.3, 0.4) is 0 Å². The minimum atomic E-state index is -0.869. The highest BCUT2D eigenvalue weighted by molar-refractivity contribution is 5.91. The summed E-state index contributed by atoms with van der Waals surface area (Å²) in [7, 11) is 0. The van der Waals surface area contributed by atoms with Crippen molar-refractivity contribution in [1.29, 1.82) is 0 Å². The summed E-state index contributed by atoms with van der Waals surface area (Å²) in [5.41, 5.74) is 2.51. The molecule has 0 atom stereocenters. The van der Waals surface area contributed by atoms with Crippen molar-refractivity contribution >= 4 is 11.7 Å². The number of carbonyl (C=O) groups is 1. The lowest BCUT2D eigenvalue weighted by Crippen LogP contribution is -2.43. The molecule has 0 radical (unpaired) electrons. The van der Waals surface area contributed by atoms with Crippen molar-refractivity contribution in [3.8, 4) is 5.69 Å². The van der Waals surface area contributed by atoms with Crippen LogP contribution >= 0.6 is 0 Å².